The Morgan fingerprint density at radius 1 is 1.05 bits per heavy atom. The van der Waals surface area contributed by atoms with Crippen LogP contribution >= 0.6 is 0 Å². The summed E-state index contributed by atoms with van der Waals surface area (Å²) in [4.78, 5) is 4.97. The molecule has 1 saturated heterocycles. The van der Waals surface area contributed by atoms with E-state index in [0.29, 0.717) is 6.04 Å². The topological polar surface area (TPSA) is 18.5 Å². The van der Waals surface area contributed by atoms with Crippen LogP contribution in [0.15, 0.2) is 12.1 Å². The van der Waals surface area contributed by atoms with Crippen LogP contribution in [0.4, 0.5) is 0 Å². The summed E-state index contributed by atoms with van der Waals surface area (Å²) in [7, 11) is 2.21. The predicted octanol–water partition coefficient (Wildman–Crippen LogP) is 2.51. The molecule has 1 atom stereocenters. The Kier molecular flexibility index (Phi) is 5.80. The van der Waals surface area contributed by atoms with E-state index in [4.69, 9.17) is 0 Å². The molecule has 0 amide bonds. The van der Waals surface area contributed by atoms with Crippen molar-refractivity contribution in [1.82, 2.24) is 15.1 Å². The van der Waals surface area contributed by atoms with Crippen molar-refractivity contribution in [3.63, 3.8) is 0 Å². The average Bonchev–Trinajstić information content (AvgIpc) is 2.40. The molecule has 21 heavy (non-hydrogen) atoms. The second-order valence-corrected chi connectivity index (χ2v) is 6.63. The smallest absolute Gasteiger partial charge is 0.0297 e. The molecule has 0 aliphatic carbocycles. The number of benzene rings is 1. The summed E-state index contributed by atoms with van der Waals surface area (Å²) in [6.07, 6.45) is 0. The third-order valence-corrected chi connectivity index (χ3v) is 4.65. The predicted molar refractivity (Wildman–Crippen MR) is 91.0 cm³/mol. The van der Waals surface area contributed by atoms with E-state index in [1.165, 1.54) is 48.4 Å². The van der Waals surface area contributed by atoms with Gasteiger partial charge in [-0.1, -0.05) is 17.7 Å². The minimum absolute atomic E-state index is 0.429. The lowest BCUT2D eigenvalue weighted by molar-refractivity contribution is 0.154. The standard InChI is InChI=1S/C18H31N3/c1-14-12-15(2)18(16(3)13-14)17(4)19-6-7-21-10-8-20(5)9-11-21/h12-13,17,19H,6-11H2,1-5H3. The molecule has 3 nitrogen and oxygen atoms in total. The number of nitrogens with one attached hydrogen (secondary N) is 1. The summed E-state index contributed by atoms with van der Waals surface area (Å²) >= 11 is 0. The molecular formula is C18H31N3. The summed E-state index contributed by atoms with van der Waals surface area (Å²) in [5.74, 6) is 0. The molecule has 1 aromatic carbocycles. The number of aryl methyl sites for hydroxylation is 3. The van der Waals surface area contributed by atoms with Gasteiger partial charge in [-0.15, -0.1) is 0 Å². The minimum atomic E-state index is 0.429. The summed E-state index contributed by atoms with van der Waals surface area (Å²) in [6.45, 7) is 16.0. The van der Waals surface area contributed by atoms with Crippen molar-refractivity contribution in [1.29, 1.82) is 0 Å². The van der Waals surface area contributed by atoms with Gasteiger partial charge in [0.05, 0.1) is 0 Å². The molecule has 1 unspecified atom stereocenters. The minimum Gasteiger partial charge on any atom is -0.309 e. The third kappa shape index (κ3) is 4.53. The van der Waals surface area contributed by atoms with Crippen LogP contribution in [0, 0.1) is 20.8 Å². The number of rotatable bonds is 5. The van der Waals surface area contributed by atoms with Gasteiger partial charge in [0.1, 0.15) is 0 Å². The van der Waals surface area contributed by atoms with Gasteiger partial charge in [0.2, 0.25) is 0 Å². The Balaban J connectivity index is 1.83. The molecule has 0 aromatic heterocycles. The Hall–Kier alpha value is -0.900. The second kappa shape index (κ2) is 7.39. The van der Waals surface area contributed by atoms with Gasteiger partial charge < -0.3 is 10.2 Å². The van der Waals surface area contributed by atoms with Crippen molar-refractivity contribution in [2.45, 2.75) is 33.7 Å². The molecule has 1 aromatic rings. The van der Waals surface area contributed by atoms with E-state index in [2.05, 4.69) is 62.0 Å². The third-order valence-electron chi connectivity index (χ3n) is 4.65. The Morgan fingerprint density at radius 3 is 2.19 bits per heavy atom. The molecular weight excluding hydrogens is 258 g/mol. The first-order valence-corrected chi connectivity index (χ1v) is 8.19. The van der Waals surface area contributed by atoms with E-state index in [-0.39, 0.29) is 0 Å². The van der Waals surface area contributed by atoms with Crippen molar-refractivity contribution < 1.29 is 0 Å². The van der Waals surface area contributed by atoms with Gasteiger partial charge in [0.25, 0.3) is 0 Å². The van der Waals surface area contributed by atoms with Crippen molar-refractivity contribution in [3.8, 4) is 0 Å². The number of hydrogen-bond donors (Lipinski definition) is 1. The van der Waals surface area contributed by atoms with Crippen molar-refractivity contribution in [2.24, 2.45) is 0 Å². The zero-order valence-electron chi connectivity index (χ0n) is 14.4. The molecule has 0 bridgehead atoms. The number of nitrogens with zero attached hydrogens (tertiary/aromatic N) is 2. The van der Waals surface area contributed by atoms with Crippen LogP contribution in [0.5, 0.6) is 0 Å². The van der Waals surface area contributed by atoms with Gasteiger partial charge in [0, 0.05) is 45.3 Å². The summed E-state index contributed by atoms with van der Waals surface area (Å²) in [5.41, 5.74) is 5.65. The number of hydrogen-bond acceptors (Lipinski definition) is 3. The van der Waals surface area contributed by atoms with E-state index in [1.54, 1.807) is 0 Å². The fourth-order valence-corrected chi connectivity index (χ4v) is 3.49. The SMILES string of the molecule is Cc1cc(C)c(C(C)NCCN2CCN(C)CC2)c(C)c1. The highest BCUT2D eigenvalue weighted by atomic mass is 15.2. The fraction of sp³-hybridized carbons (Fsp3) is 0.667. The Bertz CT molecular complexity index is 439. The summed E-state index contributed by atoms with van der Waals surface area (Å²) in [6, 6.07) is 5.01. The van der Waals surface area contributed by atoms with Crippen molar-refractivity contribution in [2.75, 3.05) is 46.3 Å². The van der Waals surface area contributed by atoms with Gasteiger partial charge in [0.15, 0.2) is 0 Å². The molecule has 118 valence electrons. The van der Waals surface area contributed by atoms with E-state index < -0.39 is 0 Å². The molecule has 0 radical (unpaired) electrons. The summed E-state index contributed by atoms with van der Waals surface area (Å²) in [5, 5.41) is 3.70. The van der Waals surface area contributed by atoms with Crippen LogP contribution in [0.2, 0.25) is 0 Å². The fourth-order valence-electron chi connectivity index (χ4n) is 3.49. The van der Waals surface area contributed by atoms with Crippen molar-refractivity contribution in [3.05, 3.63) is 34.4 Å². The Labute approximate surface area is 130 Å². The first-order valence-electron chi connectivity index (χ1n) is 8.19. The maximum absolute atomic E-state index is 3.70. The van der Waals surface area contributed by atoms with Gasteiger partial charge in [-0.05, 0) is 51.4 Å². The maximum Gasteiger partial charge on any atom is 0.0297 e. The molecule has 2 rings (SSSR count). The van der Waals surface area contributed by atoms with Gasteiger partial charge in [-0.2, -0.15) is 0 Å². The molecule has 0 saturated carbocycles. The molecule has 1 N–H and O–H groups in total. The van der Waals surface area contributed by atoms with E-state index in [1.807, 2.05) is 0 Å². The van der Waals surface area contributed by atoms with Crippen LogP contribution < -0.4 is 5.32 Å². The highest BCUT2D eigenvalue weighted by molar-refractivity contribution is 5.39. The zero-order chi connectivity index (χ0) is 15.4. The molecule has 3 heteroatoms. The lowest BCUT2D eigenvalue weighted by Gasteiger charge is -2.32. The van der Waals surface area contributed by atoms with Gasteiger partial charge >= 0.3 is 0 Å². The lowest BCUT2D eigenvalue weighted by Crippen LogP contribution is -2.46. The lowest BCUT2D eigenvalue weighted by atomic mass is 9.95. The quantitative estimate of drug-likeness (QED) is 0.898. The van der Waals surface area contributed by atoms with Crippen LogP contribution in [-0.2, 0) is 0 Å². The van der Waals surface area contributed by atoms with Crippen LogP contribution in [0.3, 0.4) is 0 Å². The maximum atomic E-state index is 3.70. The highest BCUT2D eigenvalue weighted by Crippen LogP contribution is 2.23. The van der Waals surface area contributed by atoms with Crippen LogP contribution in [0.1, 0.15) is 35.2 Å². The van der Waals surface area contributed by atoms with E-state index >= 15 is 0 Å². The van der Waals surface area contributed by atoms with Gasteiger partial charge in [-0.25, -0.2) is 0 Å². The van der Waals surface area contributed by atoms with Crippen LogP contribution in [-0.4, -0.2) is 56.1 Å². The van der Waals surface area contributed by atoms with E-state index in [9.17, 15) is 0 Å². The Morgan fingerprint density at radius 2 is 1.62 bits per heavy atom. The molecule has 1 fully saturated rings. The normalized spacial score (nSPS) is 18.9. The molecule has 1 aliphatic rings. The second-order valence-electron chi connectivity index (χ2n) is 6.63. The number of piperazine rings is 1. The largest absolute Gasteiger partial charge is 0.309 e. The monoisotopic (exact) mass is 289 g/mol. The van der Waals surface area contributed by atoms with Crippen LogP contribution in [0.25, 0.3) is 0 Å². The van der Waals surface area contributed by atoms with Gasteiger partial charge in [-0.3, -0.25) is 4.90 Å². The number of likely N-dealkylation sites (N-methyl/N-ethyl adjacent to an activating group) is 1. The molecule has 1 aliphatic heterocycles. The first kappa shape index (κ1) is 16.5. The summed E-state index contributed by atoms with van der Waals surface area (Å²) < 4.78 is 0. The van der Waals surface area contributed by atoms with Crippen molar-refractivity contribution >= 4 is 0 Å². The van der Waals surface area contributed by atoms with E-state index in [0.717, 1.165) is 13.1 Å². The first-order chi connectivity index (χ1) is 9.97. The zero-order valence-corrected chi connectivity index (χ0v) is 14.4. The average molecular weight is 289 g/mol. The highest BCUT2D eigenvalue weighted by Gasteiger charge is 2.15. The molecule has 0 spiro atoms. The molecule has 1 heterocycles.